The van der Waals surface area contributed by atoms with Crippen molar-refractivity contribution in [1.29, 1.82) is 0 Å². The maximum atomic E-state index is 5.66. The van der Waals surface area contributed by atoms with Crippen molar-refractivity contribution in [2.45, 2.75) is 6.42 Å². The molecule has 1 aliphatic heterocycles. The number of fused-ring (bicyclic) bond motifs is 2. The van der Waals surface area contributed by atoms with E-state index in [2.05, 4.69) is 10.2 Å². The minimum absolute atomic E-state index is 0. The van der Waals surface area contributed by atoms with E-state index >= 15 is 0 Å². The van der Waals surface area contributed by atoms with Crippen LogP contribution < -0.4 is 14.2 Å². The van der Waals surface area contributed by atoms with E-state index in [-0.39, 0.29) is 12.4 Å². The Labute approximate surface area is 171 Å². The van der Waals surface area contributed by atoms with Crippen molar-refractivity contribution in [3.05, 3.63) is 53.0 Å². The molecule has 0 fully saturated rings. The second kappa shape index (κ2) is 7.65. The third-order valence-corrected chi connectivity index (χ3v) is 5.24. The summed E-state index contributed by atoms with van der Waals surface area (Å²) in [4.78, 5) is 0.772. The fourth-order valence-electron chi connectivity index (χ4n) is 3.02. The van der Waals surface area contributed by atoms with Gasteiger partial charge in [-0.1, -0.05) is 17.4 Å². The van der Waals surface area contributed by atoms with Gasteiger partial charge in [0, 0.05) is 12.0 Å². The van der Waals surface area contributed by atoms with Crippen molar-refractivity contribution in [2.75, 3.05) is 20.3 Å². The Morgan fingerprint density at radius 3 is 2.61 bits per heavy atom. The Hall–Kier alpha value is -2.84. The first-order chi connectivity index (χ1) is 13.3. The van der Waals surface area contributed by atoms with E-state index in [0.717, 1.165) is 44.2 Å². The molecule has 0 N–H and O–H groups in total. The van der Waals surface area contributed by atoms with Crippen LogP contribution in [-0.4, -0.2) is 40.1 Å². The van der Waals surface area contributed by atoms with Crippen molar-refractivity contribution in [2.24, 2.45) is 0 Å². The van der Waals surface area contributed by atoms with Crippen LogP contribution in [0.1, 0.15) is 10.6 Å². The second-order valence-electron chi connectivity index (χ2n) is 6.10. The van der Waals surface area contributed by atoms with E-state index in [1.54, 1.807) is 11.6 Å². The molecule has 0 saturated carbocycles. The molecule has 4 aromatic rings. The van der Waals surface area contributed by atoms with Gasteiger partial charge in [-0.2, -0.15) is 9.61 Å². The molecule has 5 rings (SSSR count). The zero-order valence-electron chi connectivity index (χ0n) is 15.0. The lowest BCUT2D eigenvalue weighted by Crippen LogP contribution is -2.15. The number of hydrogen-bond donors (Lipinski definition) is 0. The normalized spacial score (nSPS) is 12.6. The zero-order chi connectivity index (χ0) is 18.2. The van der Waals surface area contributed by atoms with Crippen LogP contribution in [0.2, 0.25) is 0 Å². The van der Waals surface area contributed by atoms with Crippen molar-refractivity contribution in [3.8, 4) is 28.6 Å². The Morgan fingerprint density at radius 2 is 1.82 bits per heavy atom. The van der Waals surface area contributed by atoms with Gasteiger partial charge < -0.3 is 14.2 Å². The molecule has 1 aliphatic rings. The predicted molar refractivity (Wildman–Crippen MR) is 108 cm³/mol. The van der Waals surface area contributed by atoms with Gasteiger partial charge in [-0.05, 0) is 42.0 Å². The molecule has 0 bridgehead atoms. The van der Waals surface area contributed by atoms with E-state index in [9.17, 15) is 0 Å². The van der Waals surface area contributed by atoms with Gasteiger partial charge in [0.1, 0.15) is 24.0 Å². The summed E-state index contributed by atoms with van der Waals surface area (Å²) >= 11 is 1.53. The standard InChI is InChI=1S/C19H16N4O3S.ClH/c1-24-14-5-3-13(4-6-14)18-20-21-19-23(18)22-17(27-19)11-12-2-7-15-16(10-12)26-9-8-25-15;/h2-7,10H,8-9,11H2,1H3;1H. The number of rotatable bonds is 4. The molecule has 0 saturated heterocycles. The number of ether oxygens (including phenoxy) is 3. The predicted octanol–water partition coefficient (Wildman–Crippen LogP) is 3.65. The van der Waals surface area contributed by atoms with Crippen LogP contribution in [0.5, 0.6) is 17.2 Å². The summed E-state index contributed by atoms with van der Waals surface area (Å²) in [5.74, 6) is 3.11. The van der Waals surface area contributed by atoms with E-state index in [0.29, 0.717) is 19.6 Å². The fourth-order valence-corrected chi connectivity index (χ4v) is 3.89. The van der Waals surface area contributed by atoms with Crippen LogP contribution in [0.3, 0.4) is 0 Å². The first-order valence-electron chi connectivity index (χ1n) is 8.54. The van der Waals surface area contributed by atoms with Crippen LogP contribution in [-0.2, 0) is 6.42 Å². The van der Waals surface area contributed by atoms with Crippen molar-refractivity contribution in [3.63, 3.8) is 0 Å². The summed E-state index contributed by atoms with van der Waals surface area (Å²) in [7, 11) is 1.65. The number of hydrogen-bond acceptors (Lipinski definition) is 7. The van der Waals surface area contributed by atoms with E-state index in [4.69, 9.17) is 19.3 Å². The largest absolute Gasteiger partial charge is 0.497 e. The van der Waals surface area contributed by atoms with Crippen molar-refractivity contribution < 1.29 is 14.2 Å². The highest BCUT2D eigenvalue weighted by Gasteiger charge is 2.16. The molecule has 2 aromatic carbocycles. The third-order valence-electron chi connectivity index (χ3n) is 4.34. The molecule has 0 spiro atoms. The summed E-state index contributed by atoms with van der Waals surface area (Å²) in [6.07, 6.45) is 0.701. The average Bonchev–Trinajstić information content (AvgIpc) is 3.28. The van der Waals surface area contributed by atoms with Gasteiger partial charge in [-0.15, -0.1) is 22.6 Å². The summed E-state index contributed by atoms with van der Waals surface area (Å²) in [5.41, 5.74) is 2.06. The lowest BCUT2D eigenvalue weighted by Gasteiger charge is -2.18. The van der Waals surface area contributed by atoms with E-state index in [1.807, 2.05) is 42.5 Å². The van der Waals surface area contributed by atoms with Crippen LogP contribution in [0.4, 0.5) is 0 Å². The van der Waals surface area contributed by atoms with Gasteiger partial charge in [0.15, 0.2) is 17.3 Å². The maximum absolute atomic E-state index is 5.66. The number of nitrogens with zero attached hydrogens (tertiary/aromatic N) is 4. The minimum Gasteiger partial charge on any atom is -0.497 e. The van der Waals surface area contributed by atoms with Gasteiger partial charge in [-0.25, -0.2) is 0 Å². The van der Waals surface area contributed by atoms with Gasteiger partial charge in [0.2, 0.25) is 4.96 Å². The quantitative estimate of drug-likeness (QED) is 0.505. The first kappa shape index (κ1) is 18.5. The first-order valence-corrected chi connectivity index (χ1v) is 9.36. The average molecular weight is 417 g/mol. The molecular weight excluding hydrogens is 400 g/mol. The molecule has 0 unspecified atom stereocenters. The molecule has 9 heteroatoms. The molecule has 144 valence electrons. The van der Waals surface area contributed by atoms with Gasteiger partial charge in [0.25, 0.3) is 0 Å². The molecular formula is C19H17ClN4O3S. The smallest absolute Gasteiger partial charge is 0.234 e. The molecule has 0 amide bonds. The van der Waals surface area contributed by atoms with Crippen LogP contribution in [0.15, 0.2) is 42.5 Å². The molecule has 28 heavy (non-hydrogen) atoms. The van der Waals surface area contributed by atoms with Crippen LogP contribution in [0, 0.1) is 0 Å². The zero-order valence-corrected chi connectivity index (χ0v) is 16.6. The number of aromatic nitrogens is 4. The molecule has 2 aromatic heterocycles. The highest BCUT2D eigenvalue weighted by Crippen LogP contribution is 2.32. The minimum atomic E-state index is 0. The molecule has 0 radical (unpaired) electrons. The molecule has 0 atom stereocenters. The Balaban J connectivity index is 0.00000192. The highest BCUT2D eigenvalue weighted by molar-refractivity contribution is 7.16. The SMILES string of the molecule is COc1ccc(-c2nnc3sc(Cc4ccc5c(c4)OCCO5)nn23)cc1.Cl. The van der Waals surface area contributed by atoms with Crippen molar-refractivity contribution >= 4 is 28.7 Å². The Kier molecular flexibility index (Phi) is 5.06. The molecule has 3 heterocycles. The topological polar surface area (TPSA) is 70.8 Å². The van der Waals surface area contributed by atoms with E-state index < -0.39 is 0 Å². The summed E-state index contributed by atoms with van der Waals surface area (Å²) in [6.45, 7) is 1.18. The summed E-state index contributed by atoms with van der Waals surface area (Å²) in [5, 5.41) is 14.2. The lowest BCUT2D eigenvalue weighted by atomic mass is 10.1. The highest BCUT2D eigenvalue weighted by atomic mass is 35.5. The van der Waals surface area contributed by atoms with Gasteiger partial charge >= 0.3 is 0 Å². The molecule has 7 nitrogen and oxygen atoms in total. The van der Waals surface area contributed by atoms with Crippen LogP contribution >= 0.6 is 23.7 Å². The van der Waals surface area contributed by atoms with Gasteiger partial charge in [-0.3, -0.25) is 0 Å². The lowest BCUT2D eigenvalue weighted by molar-refractivity contribution is 0.171. The fraction of sp³-hybridized carbons (Fsp3) is 0.211. The van der Waals surface area contributed by atoms with Crippen molar-refractivity contribution in [1.82, 2.24) is 19.8 Å². The third kappa shape index (κ3) is 3.36. The summed E-state index contributed by atoms with van der Waals surface area (Å²) < 4.78 is 18.2. The number of halogens is 1. The van der Waals surface area contributed by atoms with Gasteiger partial charge in [0.05, 0.1) is 7.11 Å². The second-order valence-corrected chi connectivity index (χ2v) is 7.14. The maximum Gasteiger partial charge on any atom is 0.234 e. The Bertz CT molecular complexity index is 1110. The van der Waals surface area contributed by atoms with E-state index in [1.165, 1.54) is 11.3 Å². The molecule has 0 aliphatic carbocycles. The number of methoxy groups -OCH3 is 1. The number of benzene rings is 2. The monoisotopic (exact) mass is 416 g/mol. The van der Waals surface area contributed by atoms with Crippen LogP contribution in [0.25, 0.3) is 16.3 Å². The Morgan fingerprint density at radius 1 is 1.04 bits per heavy atom. The summed E-state index contributed by atoms with van der Waals surface area (Å²) in [6, 6.07) is 13.7.